The minimum atomic E-state index is -0.818. The highest BCUT2D eigenvalue weighted by molar-refractivity contribution is 5.92. The van der Waals surface area contributed by atoms with Crippen LogP contribution in [0.1, 0.15) is 66.8 Å². The highest BCUT2D eigenvalue weighted by Gasteiger charge is 2.49. The van der Waals surface area contributed by atoms with Gasteiger partial charge in [0, 0.05) is 34.9 Å². The van der Waals surface area contributed by atoms with Gasteiger partial charge < -0.3 is 19.3 Å². The van der Waals surface area contributed by atoms with Gasteiger partial charge in [0.15, 0.2) is 0 Å². The average molecular weight is 1210 g/mol. The van der Waals surface area contributed by atoms with Gasteiger partial charge in [0.25, 0.3) is 0 Å². The summed E-state index contributed by atoms with van der Waals surface area (Å²) < 4.78 is 75.2. The second kappa shape index (κ2) is 23.8. The SMILES string of the molecule is C=CCOc1ccc(C2(c3cc(C)ccc3C)c3ccccc3-c3ccc(N(c4ccc(-c5ccc(N(c6ccc7c(c6)C(c6ccc(OCC=C)cc6)(c6cc(C)ccc6C)c6ccccc6-7)c6ccc(F)cc6F)cc5)cc4)c4ccc(F)cc4F)cc32)cc1. The first-order valence-electron chi connectivity index (χ1n) is 30.8. The average Bonchev–Trinajstić information content (AvgIpc) is 1.53. The van der Waals surface area contributed by atoms with Crippen LogP contribution in [-0.4, -0.2) is 13.2 Å². The van der Waals surface area contributed by atoms with Crippen molar-refractivity contribution in [1.29, 1.82) is 0 Å². The maximum absolute atomic E-state index is 16.7. The summed E-state index contributed by atoms with van der Waals surface area (Å²) in [5, 5.41) is 0. The molecule has 12 aromatic carbocycles. The van der Waals surface area contributed by atoms with Crippen molar-refractivity contribution in [2.24, 2.45) is 0 Å². The summed E-state index contributed by atoms with van der Waals surface area (Å²) in [4.78, 5) is 3.69. The minimum Gasteiger partial charge on any atom is -0.490 e. The lowest BCUT2D eigenvalue weighted by Crippen LogP contribution is -2.30. The van der Waals surface area contributed by atoms with Crippen LogP contribution in [0.3, 0.4) is 0 Å². The second-order valence-corrected chi connectivity index (χ2v) is 23.9. The molecule has 0 spiro atoms. The van der Waals surface area contributed by atoms with E-state index < -0.39 is 34.1 Å². The molecule has 8 heteroatoms. The van der Waals surface area contributed by atoms with Crippen LogP contribution in [0.25, 0.3) is 33.4 Å². The molecular weight excluding hydrogens is 1140 g/mol. The fourth-order valence-electron chi connectivity index (χ4n) is 14.3. The van der Waals surface area contributed by atoms with Crippen LogP contribution in [0.15, 0.2) is 280 Å². The molecule has 0 saturated heterocycles. The van der Waals surface area contributed by atoms with Crippen molar-refractivity contribution in [2.45, 2.75) is 38.5 Å². The van der Waals surface area contributed by atoms with Gasteiger partial charge in [-0.25, -0.2) is 17.6 Å². The molecule has 92 heavy (non-hydrogen) atoms. The number of anilines is 6. The summed E-state index contributed by atoms with van der Waals surface area (Å²) in [6.07, 6.45) is 3.45. The number of ether oxygens (including phenoxy) is 2. The summed E-state index contributed by atoms with van der Waals surface area (Å²) in [5.41, 5.74) is 20.2. The van der Waals surface area contributed by atoms with E-state index in [9.17, 15) is 8.78 Å². The molecule has 2 aliphatic carbocycles. The Kier molecular flexibility index (Phi) is 15.2. The van der Waals surface area contributed by atoms with Gasteiger partial charge in [-0.15, -0.1) is 0 Å². The van der Waals surface area contributed by atoms with Crippen LogP contribution in [0.5, 0.6) is 11.5 Å². The smallest absolute Gasteiger partial charge is 0.150 e. The Labute approximate surface area is 534 Å². The third-order valence-electron chi connectivity index (χ3n) is 18.4. The lowest BCUT2D eigenvalue weighted by molar-refractivity contribution is 0.363. The second-order valence-electron chi connectivity index (χ2n) is 23.9. The van der Waals surface area contributed by atoms with Crippen LogP contribution in [0.4, 0.5) is 51.7 Å². The van der Waals surface area contributed by atoms with E-state index in [0.29, 0.717) is 36.0 Å². The molecule has 0 heterocycles. The summed E-state index contributed by atoms with van der Waals surface area (Å²) in [6.45, 7) is 16.9. The van der Waals surface area contributed by atoms with Crippen LogP contribution >= 0.6 is 0 Å². The van der Waals surface area contributed by atoms with Crippen molar-refractivity contribution in [3.8, 4) is 44.9 Å². The van der Waals surface area contributed by atoms with Gasteiger partial charge in [-0.1, -0.05) is 182 Å². The van der Waals surface area contributed by atoms with E-state index >= 15 is 8.78 Å². The van der Waals surface area contributed by atoms with E-state index in [2.05, 4.69) is 174 Å². The van der Waals surface area contributed by atoms with Crippen molar-refractivity contribution in [3.05, 3.63) is 370 Å². The van der Waals surface area contributed by atoms with Gasteiger partial charge in [-0.05, 0) is 214 Å². The zero-order chi connectivity index (χ0) is 63.4. The van der Waals surface area contributed by atoms with E-state index in [1.54, 1.807) is 12.2 Å². The Morgan fingerprint density at radius 3 is 1.10 bits per heavy atom. The normalized spacial score (nSPS) is 15.0. The molecule has 4 nitrogen and oxygen atoms in total. The van der Waals surface area contributed by atoms with Crippen molar-refractivity contribution in [2.75, 3.05) is 23.0 Å². The summed E-state index contributed by atoms with van der Waals surface area (Å²) in [7, 11) is 0. The lowest BCUT2D eigenvalue weighted by atomic mass is 9.66. The molecule has 0 amide bonds. The number of hydrogen-bond donors (Lipinski definition) is 0. The summed E-state index contributed by atoms with van der Waals surface area (Å²) in [6, 6.07) is 82.4. The van der Waals surface area contributed by atoms with Crippen LogP contribution in [0.2, 0.25) is 0 Å². The van der Waals surface area contributed by atoms with E-state index in [4.69, 9.17) is 9.47 Å². The van der Waals surface area contributed by atoms with Gasteiger partial charge >= 0.3 is 0 Å². The number of fused-ring (bicyclic) bond motifs is 6. The van der Waals surface area contributed by atoms with Gasteiger partial charge in [0.05, 0.1) is 22.2 Å². The lowest BCUT2D eigenvalue weighted by Gasteiger charge is -2.36. The first kappa shape index (κ1) is 58.7. The molecule has 12 aromatic rings. The standard InChI is InChI=1S/C84H64F4N2O2/c1-7-45-91-67-37-25-59(26-38-67)83(75-47-53(3)17-19-55(75)5)73-15-11-9-13-69(73)71-41-35-65(51-77(71)83)89(81-43-29-61(85)49-79(81)87)63-31-21-57(22-32-63)58-23-33-64(34-24-58)90(82-44-30-62(86)50-80(82)88)66-36-42-72-70-14-10-12-16-74(70)84(78(72)52-66,76-48-54(4)18-20-56(76)6)60-27-39-68(40-28-60)92-46-8-2/h7-44,47-52H,1-2,45-46H2,3-6H3. The van der Waals surface area contributed by atoms with Crippen molar-refractivity contribution in [1.82, 2.24) is 0 Å². The van der Waals surface area contributed by atoms with Crippen LogP contribution < -0.4 is 19.3 Å². The third kappa shape index (κ3) is 9.85. The van der Waals surface area contributed by atoms with Gasteiger partial charge in [0.2, 0.25) is 0 Å². The fraction of sp³-hybridized carbons (Fsp3) is 0.0952. The number of halogens is 4. The molecule has 2 aliphatic rings. The van der Waals surface area contributed by atoms with Crippen LogP contribution in [0, 0.1) is 51.0 Å². The quantitative estimate of drug-likeness (QED) is 0.0670. The van der Waals surface area contributed by atoms with Crippen molar-refractivity contribution < 1.29 is 27.0 Å². The predicted octanol–water partition coefficient (Wildman–Crippen LogP) is 21.9. The van der Waals surface area contributed by atoms with E-state index in [1.165, 1.54) is 24.3 Å². The fourth-order valence-corrected chi connectivity index (χ4v) is 14.3. The zero-order valence-electron chi connectivity index (χ0n) is 51.5. The maximum atomic E-state index is 16.7. The molecule has 14 rings (SSSR count). The minimum absolute atomic E-state index is 0.168. The Balaban J connectivity index is 0.875. The molecule has 0 saturated carbocycles. The number of nitrogens with zero attached hydrogens (tertiary/aromatic N) is 2. The molecule has 450 valence electrons. The van der Waals surface area contributed by atoms with Crippen molar-refractivity contribution >= 4 is 34.1 Å². The first-order valence-corrected chi connectivity index (χ1v) is 30.8. The molecule has 0 bridgehead atoms. The van der Waals surface area contributed by atoms with Crippen molar-refractivity contribution in [3.63, 3.8) is 0 Å². The van der Waals surface area contributed by atoms with Gasteiger partial charge in [0.1, 0.15) is 48.0 Å². The number of aryl methyl sites for hydroxylation is 4. The molecule has 0 N–H and O–H groups in total. The molecule has 2 unspecified atom stereocenters. The predicted molar refractivity (Wildman–Crippen MR) is 366 cm³/mol. The Hall–Kier alpha value is -11.0. The Morgan fingerprint density at radius 2 is 0.717 bits per heavy atom. The molecule has 0 aromatic heterocycles. The Bertz CT molecular complexity index is 4540. The monoisotopic (exact) mass is 1210 g/mol. The topological polar surface area (TPSA) is 24.9 Å². The van der Waals surface area contributed by atoms with Gasteiger partial charge in [-0.3, -0.25) is 0 Å². The third-order valence-corrected chi connectivity index (χ3v) is 18.4. The molecule has 0 radical (unpaired) electrons. The number of benzene rings is 12. The first-order chi connectivity index (χ1) is 44.8. The highest BCUT2D eigenvalue weighted by Crippen LogP contribution is 2.60. The zero-order valence-corrected chi connectivity index (χ0v) is 51.5. The molecular formula is C84H64F4N2O2. The summed E-state index contributed by atoms with van der Waals surface area (Å²) in [5.74, 6) is -1.38. The van der Waals surface area contributed by atoms with E-state index in [-0.39, 0.29) is 11.4 Å². The molecule has 0 aliphatic heterocycles. The largest absolute Gasteiger partial charge is 0.490 e. The Morgan fingerprint density at radius 1 is 0.348 bits per heavy atom. The van der Waals surface area contributed by atoms with Crippen LogP contribution in [-0.2, 0) is 10.8 Å². The van der Waals surface area contributed by atoms with Gasteiger partial charge in [-0.2, -0.15) is 0 Å². The number of hydrogen-bond acceptors (Lipinski definition) is 4. The molecule has 2 atom stereocenters. The van der Waals surface area contributed by atoms with E-state index in [1.807, 2.05) is 94.7 Å². The molecule has 0 fully saturated rings. The number of rotatable bonds is 17. The van der Waals surface area contributed by atoms with E-state index in [0.717, 1.165) is 124 Å². The highest BCUT2D eigenvalue weighted by atomic mass is 19.1. The summed E-state index contributed by atoms with van der Waals surface area (Å²) >= 11 is 0. The maximum Gasteiger partial charge on any atom is 0.150 e.